The standard InChI is InChI=1S/C22H20O3/c1-2-3-14-23-20-12-7-13-21-22(20)19(15-24-25-21)18-11-6-9-16-8-4-5-10-17(16)18/h4-13,19H,2-3,14H2,1H3. The van der Waals surface area contributed by atoms with Crippen molar-refractivity contribution in [2.24, 2.45) is 0 Å². The Morgan fingerprint density at radius 2 is 1.84 bits per heavy atom. The van der Waals surface area contributed by atoms with Crippen molar-refractivity contribution in [3.63, 3.8) is 0 Å². The molecule has 0 N–H and O–H groups in total. The first kappa shape index (κ1) is 16.0. The van der Waals surface area contributed by atoms with Gasteiger partial charge in [-0.1, -0.05) is 61.9 Å². The van der Waals surface area contributed by atoms with Crippen molar-refractivity contribution < 1.29 is 14.5 Å². The lowest BCUT2D eigenvalue weighted by molar-refractivity contribution is -0.186. The van der Waals surface area contributed by atoms with Crippen LogP contribution in [0.3, 0.4) is 0 Å². The van der Waals surface area contributed by atoms with E-state index in [1.54, 1.807) is 0 Å². The summed E-state index contributed by atoms with van der Waals surface area (Å²) >= 11 is 0. The summed E-state index contributed by atoms with van der Waals surface area (Å²) in [5.74, 6) is 1.36. The molecular formula is C22H20O3. The summed E-state index contributed by atoms with van der Waals surface area (Å²) < 4.78 is 6.03. The number of benzene rings is 3. The van der Waals surface area contributed by atoms with E-state index in [0.717, 1.165) is 29.7 Å². The quantitative estimate of drug-likeness (QED) is 0.455. The third-order valence-corrected chi connectivity index (χ3v) is 4.50. The van der Waals surface area contributed by atoms with Crippen molar-refractivity contribution in [2.75, 3.05) is 6.61 Å². The van der Waals surface area contributed by atoms with Crippen LogP contribution in [0.25, 0.3) is 10.8 Å². The fourth-order valence-corrected chi connectivity index (χ4v) is 3.23. The zero-order valence-corrected chi connectivity index (χ0v) is 14.2. The molecule has 1 aliphatic heterocycles. The van der Waals surface area contributed by atoms with Crippen LogP contribution in [-0.2, 0) is 4.89 Å². The molecule has 0 amide bonds. The van der Waals surface area contributed by atoms with Gasteiger partial charge in [-0.3, -0.25) is 0 Å². The van der Waals surface area contributed by atoms with E-state index < -0.39 is 0 Å². The van der Waals surface area contributed by atoms with Crippen molar-refractivity contribution in [3.8, 4) is 11.5 Å². The minimum Gasteiger partial charge on any atom is -0.493 e. The van der Waals surface area contributed by atoms with E-state index in [-0.39, 0.29) is 5.92 Å². The van der Waals surface area contributed by atoms with Gasteiger partial charge in [-0.2, -0.15) is 4.89 Å². The molecule has 0 bridgehead atoms. The van der Waals surface area contributed by atoms with E-state index in [1.165, 1.54) is 10.8 Å². The van der Waals surface area contributed by atoms with Crippen LogP contribution in [0.5, 0.6) is 11.5 Å². The number of unbranched alkanes of at least 4 members (excludes halogenated alkanes) is 1. The molecule has 25 heavy (non-hydrogen) atoms. The maximum atomic E-state index is 6.03. The monoisotopic (exact) mass is 332 g/mol. The fraction of sp³-hybridized carbons (Fsp3) is 0.227. The number of hydrogen-bond acceptors (Lipinski definition) is 3. The van der Waals surface area contributed by atoms with E-state index in [9.17, 15) is 0 Å². The lowest BCUT2D eigenvalue weighted by atomic mass is 9.87. The van der Waals surface area contributed by atoms with Crippen molar-refractivity contribution in [3.05, 3.63) is 78.4 Å². The van der Waals surface area contributed by atoms with Crippen LogP contribution in [0.4, 0.5) is 0 Å². The lowest BCUT2D eigenvalue weighted by Crippen LogP contribution is -2.16. The fourth-order valence-electron chi connectivity index (χ4n) is 3.23. The van der Waals surface area contributed by atoms with Crippen molar-refractivity contribution in [2.45, 2.75) is 25.7 Å². The van der Waals surface area contributed by atoms with Crippen LogP contribution < -0.4 is 9.62 Å². The van der Waals surface area contributed by atoms with Crippen LogP contribution in [0.1, 0.15) is 36.8 Å². The van der Waals surface area contributed by atoms with E-state index in [1.807, 2.05) is 24.3 Å². The molecule has 1 unspecified atom stereocenters. The second-order valence-corrected chi connectivity index (χ2v) is 6.16. The number of ether oxygens (including phenoxy) is 1. The molecule has 4 rings (SSSR count). The van der Waals surface area contributed by atoms with Gasteiger partial charge in [-0.05, 0) is 34.9 Å². The highest BCUT2D eigenvalue weighted by molar-refractivity contribution is 5.87. The molecule has 0 saturated heterocycles. The highest BCUT2D eigenvalue weighted by atomic mass is 17.2. The van der Waals surface area contributed by atoms with Gasteiger partial charge in [0.15, 0.2) is 5.75 Å². The summed E-state index contributed by atoms with van der Waals surface area (Å²) in [6.07, 6.45) is 2.12. The van der Waals surface area contributed by atoms with Crippen LogP contribution in [0, 0.1) is 6.61 Å². The molecule has 2 radical (unpaired) electrons. The number of rotatable bonds is 5. The van der Waals surface area contributed by atoms with Gasteiger partial charge in [0.05, 0.1) is 18.1 Å². The predicted octanol–water partition coefficient (Wildman–Crippen LogP) is 5.51. The van der Waals surface area contributed by atoms with E-state index in [0.29, 0.717) is 12.4 Å². The van der Waals surface area contributed by atoms with Gasteiger partial charge in [0.2, 0.25) is 6.61 Å². The molecular weight excluding hydrogens is 312 g/mol. The Balaban J connectivity index is 1.80. The van der Waals surface area contributed by atoms with Gasteiger partial charge in [0, 0.05) is 0 Å². The minimum absolute atomic E-state index is 0.160. The first-order valence-corrected chi connectivity index (χ1v) is 8.71. The molecule has 1 heterocycles. The van der Waals surface area contributed by atoms with Crippen LogP contribution in [-0.4, -0.2) is 6.61 Å². The van der Waals surface area contributed by atoms with E-state index >= 15 is 0 Å². The Morgan fingerprint density at radius 3 is 2.76 bits per heavy atom. The SMILES string of the molecule is CCCCOc1cccc2c1C(c1cccc3ccccc13)[C]OO2. The maximum absolute atomic E-state index is 6.03. The Hall–Kier alpha value is -2.52. The average Bonchev–Trinajstić information content (AvgIpc) is 2.67. The van der Waals surface area contributed by atoms with Crippen molar-refractivity contribution in [1.29, 1.82) is 0 Å². The molecule has 0 aromatic heterocycles. The average molecular weight is 332 g/mol. The van der Waals surface area contributed by atoms with Gasteiger partial charge >= 0.3 is 0 Å². The summed E-state index contributed by atoms with van der Waals surface area (Å²) in [6.45, 7) is 5.86. The molecule has 1 aliphatic rings. The molecule has 0 fully saturated rings. The summed E-state index contributed by atoms with van der Waals surface area (Å²) in [5.41, 5.74) is 2.11. The zero-order valence-electron chi connectivity index (χ0n) is 14.2. The molecule has 3 heteroatoms. The zero-order chi connectivity index (χ0) is 17.1. The maximum Gasteiger partial charge on any atom is 0.200 e. The van der Waals surface area contributed by atoms with Crippen LogP contribution >= 0.6 is 0 Å². The van der Waals surface area contributed by atoms with E-state index in [2.05, 4.69) is 49.9 Å². The molecule has 3 aromatic carbocycles. The van der Waals surface area contributed by atoms with Gasteiger partial charge in [-0.25, -0.2) is 0 Å². The Kier molecular flexibility index (Phi) is 4.57. The normalized spacial score (nSPS) is 16.3. The predicted molar refractivity (Wildman–Crippen MR) is 97.6 cm³/mol. The van der Waals surface area contributed by atoms with Crippen LogP contribution in [0.2, 0.25) is 0 Å². The van der Waals surface area contributed by atoms with Gasteiger partial charge in [0.25, 0.3) is 0 Å². The van der Waals surface area contributed by atoms with Gasteiger partial charge in [-0.15, -0.1) is 0 Å². The first-order chi connectivity index (χ1) is 12.4. The van der Waals surface area contributed by atoms with E-state index in [4.69, 9.17) is 14.5 Å². The third kappa shape index (κ3) is 3.08. The number of fused-ring (bicyclic) bond motifs is 2. The molecule has 0 aliphatic carbocycles. The second-order valence-electron chi connectivity index (χ2n) is 6.16. The van der Waals surface area contributed by atoms with Gasteiger partial charge < -0.3 is 9.62 Å². The Morgan fingerprint density at radius 1 is 1.00 bits per heavy atom. The number of hydrogen-bond donors (Lipinski definition) is 0. The Labute approximate surface area is 148 Å². The van der Waals surface area contributed by atoms with Crippen molar-refractivity contribution >= 4 is 10.8 Å². The smallest absolute Gasteiger partial charge is 0.200 e. The minimum atomic E-state index is -0.160. The molecule has 0 saturated carbocycles. The summed E-state index contributed by atoms with van der Waals surface area (Å²) in [7, 11) is 0. The summed E-state index contributed by atoms with van der Waals surface area (Å²) in [4.78, 5) is 10.5. The van der Waals surface area contributed by atoms with Crippen molar-refractivity contribution in [1.82, 2.24) is 0 Å². The highest BCUT2D eigenvalue weighted by Crippen LogP contribution is 2.45. The van der Waals surface area contributed by atoms with Crippen LogP contribution in [0.15, 0.2) is 60.7 Å². The lowest BCUT2D eigenvalue weighted by Gasteiger charge is -2.26. The molecule has 1 atom stereocenters. The Bertz CT molecular complexity index is 867. The molecule has 126 valence electrons. The third-order valence-electron chi connectivity index (χ3n) is 4.50. The largest absolute Gasteiger partial charge is 0.493 e. The molecule has 3 aromatic rings. The highest BCUT2D eigenvalue weighted by Gasteiger charge is 2.30. The summed E-state index contributed by atoms with van der Waals surface area (Å²) in [5, 5.41) is 2.38. The van der Waals surface area contributed by atoms with Gasteiger partial charge in [0.1, 0.15) is 5.75 Å². The molecule has 3 nitrogen and oxygen atoms in total. The first-order valence-electron chi connectivity index (χ1n) is 8.71. The topological polar surface area (TPSA) is 27.7 Å². The molecule has 0 spiro atoms. The second kappa shape index (κ2) is 7.16. The summed E-state index contributed by atoms with van der Waals surface area (Å²) in [6, 6.07) is 20.5.